The summed E-state index contributed by atoms with van der Waals surface area (Å²) in [5, 5.41) is 2.65. The van der Waals surface area contributed by atoms with Crippen LogP contribution < -0.4 is 10.2 Å². The van der Waals surface area contributed by atoms with Gasteiger partial charge in [-0.25, -0.2) is 0 Å². The summed E-state index contributed by atoms with van der Waals surface area (Å²) >= 11 is 0. The largest absolute Gasteiger partial charge is 0.371 e. The molecule has 3 rings (SSSR count). The quantitative estimate of drug-likeness (QED) is 0.910. The normalized spacial score (nSPS) is 15.4. The van der Waals surface area contributed by atoms with Crippen LogP contribution in [0.5, 0.6) is 0 Å². The van der Waals surface area contributed by atoms with Crippen LogP contribution in [0.25, 0.3) is 0 Å². The van der Waals surface area contributed by atoms with E-state index in [1.807, 2.05) is 36.7 Å². The van der Waals surface area contributed by atoms with Crippen molar-refractivity contribution in [3.8, 4) is 0 Å². The monoisotopic (exact) mass is 338 g/mol. The number of anilines is 1. The van der Waals surface area contributed by atoms with E-state index in [4.69, 9.17) is 0 Å². The maximum atomic E-state index is 11.6. The van der Waals surface area contributed by atoms with E-state index >= 15 is 0 Å². The number of hydrogen-bond acceptors (Lipinski definition) is 4. The van der Waals surface area contributed by atoms with Gasteiger partial charge in [-0.05, 0) is 49.7 Å². The van der Waals surface area contributed by atoms with Crippen LogP contribution in [0.1, 0.15) is 28.8 Å². The number of carbonyl (C=O) groups is 1. The molecule has 0 saturated carbocycles. The van der Waals surface area contributed by atoms with E-state index in [-0.39, 0.29) is 5.91 Å². The van der Waals surface area contributed by atoms with Gasteiger partial charge in [0.1, 0.15) is 0 Å². The number of carbonyl (C=O) groups excluding carboxylic acids is 1. The fourth-order valence-corrected chi connectivity index (χ4v) is 3.44. The summed E-state index contributed by atoms with van der Waals surface area (Å²) in [6, 6.07) is 12.6. The number of amides is 1. The molecule has 0 aliphatic carbocycles. The third-order valence-corrected chi connectivity index (χ3v) is 4.99. The molecule has 0 atom stereocenters. The van der Waals surface area contributed by atoms with Crippen molar-refractivity contribution in [2.45, 2.75) is 25.4 Å². The lowest BCUT2D eigenvalue weighted by Crippen LogP contribution is -2.43. The SMILES string of the molecule is CNC(=O)c1ccc(CN(C)C2CCN(c3ccncc3)CC2)cc1. The smallest absolute Gasteiger partial charge is 0.251 e. The Hall–Kier alpha value is -2.40. The highest BCUT2D eigenvalue weighted by molar-refractivity contribution is 5.93. The first kappa shape index (κ1) is 17.4. The molecular weight excluding hydrogens is 312 g/mol. The van der Waals surface area contributed by atoms with Crippen LogP contribution in [0.4, 0.5) is 5.69 Å². The first-order valence-corrected chi connectivity index (χ1v) is 8.83. The molecule has 132 valence electrons. The maximum Gasteiger partial charge on any atom is 0.251 e. The fourth-order valence-electron chi connectivity index (χ4n) is 3.44. The number of piperidine rings is 1. The zero-order chi connectivity index (χ0) is 17.6. The molecular formula is C20H26N4O. The molecule has 1 aromatic carbocycles. The molecule has 1 saturated heterocycles. The molecule has 2 aromatic rings. The average molecular weight is 338 g/mol. The van der Waals surface area contributed by atoms with Crippen molar-refractivity contribution >= 4 is 11.6 Å². The van der Waals surface area contributed by atoms with E-state index in [2.05, 4.69) is 39.3 Å². The number of benzene rings is 1. The van der Waals surface area contributed by atoms with E-state index in [0.29, 0.717) is 11.6 Å². The highest BCUT2D eigenvalue weighted by Crippen LogP contribution is 2.22. The topological polar surface area (TPSA) is 48.5 Å². The van der Waals surface area contributed by atoms with E-state index in [1.54, 1.807) is 7.05 Å². The van der Waals surface area contributed by atoms with Gasteiger partial charge in [0.25, 0.3) is 5.91 Å². The predicted octanol–water partition coefficient (Wildman–Crippen LogP) is 2.54. The van der Waals surface area contributed by atoms with Gasteiger partial charge in [0.05, 0.1) is 0 Å². The highest BCUT2D eigenvalue weighted by atomic mass is 16.1. The molecule has 0 radical (unpaired) electrons. The maximum absolute atomic E-state index is 11.6. The summed E-state index contributed by atoms with van der Waals surface area (Å²) in [4.78, 5) is 20.6. The Labute approximate surface area is 149 Å². The number of aromatic nitrogens is 1. The third-order valence-electron chi connectivity index (χ3n) is 4.99. The molecule has 1 fully saturated rings. The second-order valence-corrected chi connectivity index (χ2v) is 6.61. The van der Waals surface area contributed by atoms with Gasteiger partial charge in [0.2, 0.25) is 0 Å². The molecule has 5 nitrogen and oxygen atoms in total. The van der Waals surface area contributed by atoms with Crippen molar-refractivity contribution in [2.75, 3.05) is 32.1 Å². The van der Waals surface area contributed by atoms with Gasteiger partial charge in [0.15, 0.2) is 0 Å². The van der Waals surface area contributed by atoms with Gasteiger partial charge in [0, 0.05) is 56.4 Å². The lowest BCUT2D eigenvalue weighted by atomic mass is 10.0. The van der Waals surface area contributed by atoms with Crippen molar-refractivity contribution in [1.82, 2.24) is 15.2 Å². The van der Waals surface area contributed by atoms with Crippen molar-refractivity contribution in [3.63, 3.8) is 0 Å². The molecule has 1 aliphatic rings. The Bertz CT molecular complexity index is 679. The molecule has 2 heterocycles. The molecule has 1 amide bonds. The van der Waals surface area contributed by atoms with Crippen molar-refractivity contribution in [3.05, 3.63) is 59.9 Å². The van der Waals surface area contributed by atoms with Crippen molar-refractivity contribution < 1.29 is 4.79 Å². The Morgan fingerprint density at radius 2 is 1.80 bits per heavy atom. The van der Waals surface area contributed by atoms with Crippen LogP contribution in [0.3, 0.4) is 0 Å². The van der Waals surface area contributed by atoms with E-state index in [0.717, 1.165) is 32.5 Å². The minimum absolute atomic E-state index is 0.0385. The molecule has 5 heteroatoms. The summed E-state index contributed by atoms with van der Waals surface area (Å²) in [5.41, 5.74) is 3.21. The zero-order valence-corrected chi connectivity index (χ0v) is 15.0. The molecule has 1 aliphatic heterocycles. The first-order chi connectivity index (χ1) is 12.2. The standard InChI is InChI=1S/C20H26N4O/c1-21-20(25)17-5-3-16(4-6-17)15-23(2)18-9-13-24(14-10-18)19-7-11-22-12-8-19/h3-8,11-12,18H,9-10,13-15H2,1-2H3,(H,21,25). The minimum Gasteiger partial charge on any atom is -0.371 e. The Morgan fingerprint density at radius 3 is 2.40 bits per heavy atom. The van der Waals surface area contributed by atoms with Crippen LogP contribution in [-0.4, -0.2) is 49.0 Å². The lowest BCUT2D eigenvalue weighted by Gasteiger charge is -2.37. The minimum atomic E-state index is -0.0385. The summed E-state index contributed by atoms with van der Waals surface area (Å²) in [6.07, 6.45) is 6.04. The van der Waals surface area contributed by atoms with E-state index < -0.39 is 0 Å². The van der Waals surface area contributed by atoms with Gasteiger partial charge in [-0.3, -0.25) is 14.7 Å². The van der Waals surface area contributed by atoms with Crippen LogP contribution in [0.2, 0.25) is 0 Å². The van der Waals surface area contributed by atoms with Gasteiger partial charge < -0.3 is 10.2 Å². The number of nitrogens with one attached hydrogen (secondary N) is 1. The van der Waals surface area contributed by atoms with Crippen molar-refractivity contribution in [1.29, 1.82) is 0 Å². The molecule has 1 N–H and O–H groups in total. The molecule has 25 heavy (non-hydrogen) atoms. The van der Waals surface area contributed by atoms with Crippen LogP contribution in [-0.2, 0) is 6.54 Å². The highest BCUT2D eigenvalue weighted by Gasteiger charge is 2.22. The molecule has 0 spiro atoms. The Balaban J connectivity index is 1.52. The van der Waals surface area contributed by atoms with E-state index in [1.165, 1.54) is 11.3 Å². The summed E-state index contributed by atoms with van der Waals surface area (Å²) in [6.45, 7) is 3.07. The van der Waals surface area contributed by atoms with Crippen LogP contribution >= 0.6 is 0 Å². The Morgan fingerprint density at radius 1 is 1.16 bits per heavy atom. The van der Waals surface area contributed by atoms with Gasteiger partial charge >= 0.3 is 0 Å². The number of pyridine rings is 1. The second kappa shape index (κ2) is 8.12. The van der Waals surface area contributed by atoms with Crippen LogP contribution in [0, 0.1) is 0 Å². The van der Waals surface area contributed by atoms with Gasteiger partial charge in [-0.2, -0.15) is 0 Å². The molecule has 1 aromatic heterocycles. The van der Waals surface area contributed by atoms with Crippen molar-refractivity contribution in [2.24, 2.45) is 0 Å². The summed E-state index contributed by atoms with van der Waals surface area (Å²) in [5.74, 6) is -0.0385. The lowest BCUT2D eigenvalue weighted by molar-refractivity contribution is 0.0963. The van der Waals surface area contributed by atoms with Gasteiger partial charge in [-0.1, -0.05) is 12.1 Å². The second-order valence-electron chi connectivity index (χ2n) is 6.61. The van der Waals surface area contributed by atoms with Gasteiger partial charge in [-0.15, -0.1) is 0 Å². The van der Waals surface area contributed by atoms with Crippen LogP contribution in [0.15, 0.2) is 48.8 Å². The summed E-state index contributed by atoms with van der Waals surface area (Å²) in [7, 11) is 3.85. The number of rotatable bonds is 5. The number of hydrogen-bond donors (Lipinski definition) is 1. The zero-order valence-electron chi connectivity index (χ0n) is 15.0. The third kappa shape index (κ3) is 4.37. The molecule has 0 bridgehead atoms. The van der Waals surface area contributed by atoms with E-state index in [9.17, 15) is 4.79 Å². The number of nitrogens with zero attached hydrogens (tertiary/aromatic N) is 3. The molecule has 0 unspecified atom stereocenters. The predicted molar refractivity (Wildman–Crippen MR) is 101 cm³/mol. The average Bonchev–Trinajstić information content (AvgIpc) is 2.68. The fraction of sp³-hybridized carbons (Fsp3) is 0.400. The Kier molecular flexibility index (Phi) is 5.66. The first-order valence-electron chi connectivity index (χ1n) is 8.83. The summed E-state index contributed by atoms with van der Waals surface area (Å²) < 4.78 is 0.